The Labute approximate surface area is 137 Å². The number of rotatable bonds is 4. The highest BCUT2D eigenvalue weighted by Gasteiger charge is 2.24. The lowest BCUT2D eigenvalue weighted by Crippen LogP contribution is -2.19. The van der Waals surface area contributed by atoms with Gasteiger partial charge in [0.05, 0.1) is 25.4 Å². The van der Waals surface area contributed by atoms with Crippen molar-refractivity contribution >= 4 is 34.6 Å². The number of furan rings is 1. The minimum absolute atomic E-state index is 0.211. The number of amides is 1. The van der Waals surface area contributed by atoms with Gasteiger partial charge in [0.1, 0.15) is 22.9 Å². The lowest BCUT2D eigenvalue weighted by molar-refractivity contribution is -0.115. The Morgan fingerprint density at radius 2 is 2.13 bits per heavy atom. The van der Waals surface area contributed by atoms with E-state index in [1.165, 1.54) is 11.8 Å². The summed E-state index contributed by atoms with van der Waals surface area (Å²) in [4.78, 5) is 16.9. The molecule has 1 fully saturated rings. The average molecular weight is 330 g/mol. The van der Waals surface area contributed by atoms with Gasteiger partial charge in [-0.15, -0.1) is 0 Å². The molecule has 0 bridgehead atoms. The molecule has 0 spiro atoms. The van der Waals surface area contributed by atoms with Crippen LogP contribution in [-0.2, 0) is 4.79 Å². The maximum absolute atomic E-state index is 12.0. The molecule has 0 radical (unpaired) electrons. The third-order valence-electron chi connectivity index (χ3n) is 3.08. The minimum Gasteiger partial charge on any atom is -0.497 e. The van der Waals surface area contributed by atoms with Crippen LogP contribution in [0.25, 0.3) is 6.08 Å². The summed E-state index contributed by atoms with van der Waals surface area (Å²) in [5.74, 6) is 1.64. The maximum Gasteiger partial charge on any atom is 0.264 e. The number of benzene rings is 1. The first kappa shape index (κ1) is 15.2. The number of carbonyl (C=O) groups is 1. The van der Waals surface area contributed by atoms with E-state index >= 15 is 0 Å². The van der Waals surface area contributed by atoms with Crippen LogP contribution in [0.15, 0.2) is 50.9 Å². The van der Waals surface area contributed by atoms with E-state index in [4.69, 9.17) is 13.9 Å². The predicted molar refractivity (Wildman–Crippen MR) is 89.1 cm³/mol. The number of aliphatic imine (C=N–C) groups is 1. The van der Waals surface area contributed by atoms with E-state index in [1.807, 2.05) is 0 Å². The molecular weight excluding hydrogens is 316 g/mol. The maximum atomic E-state index is 12.0. The Balaban J connectivity index is 1.86. The van der Waals surface area contributed by atoms with Crippen molar-refractivity contribution in [1.82, 2.24) is 5.32 Å². The van der Waals surface area contributed by atoms with Crippen LogP contribution in [0.3, 0.4) is 0 Å². The number of thioether (sulfide) groups is 1. The van der Waals surface area contributed by atoms with E-state index in [2.05, 4.69) is 10.3 Å². The fraction of sp³-hybridized carbons (Fsp3) is 0.125. The van der Waals surface area contributed by atoms with Crippen LogP contribution in [0.2, 0.25) is 0 Å². The Hall–Kier alpha value is -2.67. The molecule has 2 heterocycles. The molecule has 1 amide bonds. The zero-order valence-corrected chi connectivity index (χ0v) is 13.3. The fourth-order valence-corrected chi connectivity index (χ4v) is 2.78. The molecule has 1 aliphatic rings. The molecule has 1 saturated heterocycles. The average Bonchev–Trinajstić information content (AvgIpc) is 3.18. The molecule has 0 aliphatic carbocycles. The third-order valence-corrected chi connectivity index (χ3v) is 3.99. The number of nitrogens with one attached hydrogen (secondary N) is 1. The molecular formula is C16H14N2O4S. The second kappa shape index (κ2) is 6.62. The van der Waals surface area contributed by atoms with Crippen molar-refractivity contribution in [3.05, 3.63) is 47.3 Å². The van der Waals surface area contributed by atoms with Crippen LogP contribution in [0, 0.1) is 0 Å². The summed E-state index contributed by atoms with van der Waals surface area (Å²) in [6.07, 6.45) is 3.23. The zero-order valence-electron chi connectivity index (χ0n) is 12.5. The van der Waals surface area contributed by atoms with Gasteiger partial charge in [-0.25, -0.2) is 4.99 Å². The monoisotopic (exact) mass is 330 g/mol. The zero-order chi connectivity index (χ0) is 16.2. The van der Waals surface area contributed by atoms with E-state index in [1.54, 1.807) is 56.9 Å². The van der Waals surface area contributed by atoms with Gasteiger partial charge in [0.25, 0.3) is 5.91 Å². The predicted octanol–water partition coefficient (Wildman–Crippen LogP) is 3.19. The van der Waals surface area contributed by atoms with Gasteiger partial charge in [-0.1, -0.05) is 0 Å². The number of hydrogen-bond acceptors (Lipinski definition) is 6. The number of nitrogens with zero attached hydrogens (tertiary/aromatic N) is 1. The normalized spacial score (nSPS) is 17.6. The van der Waals surface area contributed by atoms with Crippen molar-refractivity contribution < 1.29 is 18.7 Å². The van der Waals surface area contributed by atoms with Crippen LogP contribution in [0.4, 0.5) is 5.69 Å². The summed E-state index contributed by atoms with van der Waals surface area (Å²) < 4.78 is 15.7. The summed E-state index contributed by atoms with van der Waals surface area (Å²) in [7, 11) is 3.14. The van der Waals surface area contributed by atoms with Crippen LogP contribution < -0.4 is 14.8 Å². The summed E-state index contributed by atoms with van der Waals surface area (Å²) in [6.45, 7) is 0. The highest BCUT2D eigenvalue weighted by molar-refractivity contribution is 8.18. The SMILES string of the molecule is COc1ccc(N=C2NC(=O)C(=Cc3ccco3)S2)c(OC)c1. The lowest BCUT2D eigenvalue weighted by atomic mass is 10.3. The molecule has 118 valence electrons. The van der Waals surface area contributed by atoms with Crippen molar-refractivity contribution in [1.29, 1.82) is 0 Å². The Bertz CT molecular complexity index is 781. The van der Waals surface area contributed by atoms with Crippen molar-refractivity contribution in [2.75, 3.05) is 14.2 Å². The van der Waals surface area contributed by atoms with E-state index in [0.29, 0.717) is 33.0 Å². The van der Waals surface area contributed by atoms with E-state index in [0.717, 1.165) is 0 Å². The van der Waals surface area contributed by atoms with Gasteiger partial charge in [0.2, 0.25) is 0 Å². The minimum atomic E-state index is -0.211. The number of methoxy groups -OCH3 is 2. The van der Waals surface area contributed by atoms with E-state index < -0.39 is 0 Å². The molecule has 0 unspecified atom stereocenters. The Morgan fingerprint density at radius 1 is 1.26 bits per heavy atom. The van der Waals surface area contributed by atoms with Gasteiger partial charge in [-0.2, -0.15) is 0 Å². The third kappa shape index (κ3) is 3.40. The van der Waals surface area contributed by atoms with Crippen LogP contribution in [0.1, 0.15) is 5.76 Å². The molecule has 1 aromatic carbocycles. The Morgan fingerprint density at radius 3 is 2.83 bits per heavy atom. The van der Waals surface area contributed by atoms with Crippen LogP contribution in [-0.4, -0.2) is 25.3 Å². The van der Waals surface area contributed by atoms with Gasteiger partial charge >= 0.3 is 0 Å². The summed E-state index contributed by atoms with van der Waals surface area (Å²) in [6, 6.07) is 8.83. The van der Waals surface area contributed by atoms with Gasteiger partial charge in [-0.3, -0.25) is 4.79 Å². The topological polar surface area (TPSA) is 73.1 Å². The molecule has 1 N–H and O–H groups in total. The van der Waals surface area contributed by atoms with Gasteiger partial charge < -0.3 is 19.2 Å². The van der Waals surface area contributed by atoms with Crippen LogP contribution >= 0.6 is 11.8 Å². The van der Waals surface area contributed by atoms with E-state index in [9.17, 15) is 4.79 Å². The standard InChI is InChI=1S/C16H14N2O4S/c1-20-10-5-6-12(13(8-10)21-2)17-16-18-15(19)14(23-16)9-11-4-3-7-22-11/h3-9H,1-2H3,(H,17,18,19). The first-order chi connectivity index (χ1) is 11.2. The quantitative estimate of drug-likeness (QED) is 0.872. The number of hydrogen-bond donors (Lipinski definition) is 1. The second-order valence-corrected chi connectivity index (χ2v) is 5.57. The van der Waals surface area contributed by atoms with Crippen molar-refractivity contribution in [3.63, 3.8) is 0 Å². The van der Waals surface area contributed by atoms with Crippen molar-refractivity contribution in [2.45, 2.75) is 0 Å². The summed E-state index contributed by atoms with van der Waals surface area (Å²) >= 11 is 1.24. The highest BCUT2D eigenvalue weighted by Crippen LogP contribution is 2.34. The largest absolute Gasteiger partial charge is 0.497 e. The molecule has 0 atom stereocenters. The first-order valence-electron chi connectivity index (χ1n) is 6.74. The molecule has 23 heavy (non-hydrogen) atoms. The fourth-order valence-electron chi connectivity index (χ4n) is 1.97. The van der Waals surface area contributed by atoms with Crippen molar-refractivity contribution in [3.8, 4) is 11.5 Å². The number of amidine groups is 1. The Kier molecular flexibility index (Phi) is 4.38. The van der Waals surface area contributed by atoms with Crippen molar-refractivity contribution in [2.24, 2.45) is 4.99 Å². The van der Waals surface area contributed by atoms with Crippen LogP contribution in [0.5, 0.6) is 11.5 Å². The van der Waals surface area contributed by atoms with E-state index in [-0.39, 0.29) is 5.91 Å². The molecule has 3 rings (SSSR count). The summed E-state index contributed by atoms with van der Waals surface area (Å²) in [5.41, 5.74) is 0.607. The second-order valence-electron chi connectivity index (χ2n) is 4.53. The first-order valence-corrected chi connectivity index (χ1v) is 7.56. The molecule has 1 aliphatic heterocycles. The molecule has 0 saturated carbocycles. The molecule has 7 heteroatoms. The molecule has 2 aromatic rings. The van der Waals surface area contributed by atoms with Gasteiger partial charge in [-0.05, 0) is 36.0 Å². The van der Waals surface area contributed by atoms with Gasteiger partial charge in [0, 0.05) is 12.1 Å². The summed E-state index contributed by atoms with van der Waals surface area (Å²) in [5, 5.41) is 3.20. The number of ether oxygens (including phenoxy) is 2. The lowest BCUT2D eigenvalue weighted by Gasteiger charge is -2.07. The smallest absolute Gasteiger partial charge is 0.264 e. The number of carbonyl (C=O) groups excluding carboxylic acids is 1. The highest BCUT2D eigenvalue weighted by atomic mass is 32.2. The molecule has 6 nitrogen and oxygen atoms in total. The molecule has 1 aromatic heterocycles. The van der Waals surface area contributed by atoms with Gasteiger partial charge in [0.15, 0.2) is 5.17 Å².